The van der Waals surface area contributed by atoms with Crippen molar-refractivity contribution in [3.63, 3.8) is 0 Å². The van der Waals surface area contributed by atoms with E-state index in [2.05, 4.69) is 26.0 Å². The van der Waals surface area contributed by atoms with E-state index in [1.54, 1.807) is 0 Å². The number of rotatable bonds is 6. The molecule has 0 unspecified atom stereocenters. The highest BCUT2D eigenvalue weighted by Crippen LogP contribution is 2.31. The van der Waals surface area contributed by atoms with Gasteiger partial charge in [-0.05, 0) is 99.5 Å². The van der Waals surface area contributed by atoms with Crippen LogP contribution in [-0.4, -0.2) is 0 Å². The summed E-state index contributed by atoms with van der Waals surface area (Å²) in [5, 5.41) is 0. The normalized spacial score (nSPS) is 10.6. The van der Waals surface area contributed by atoms with Crippen molar-refractivity contribution in [1.82, 2.24) is 0 Å². The Labute approximate surface area is 183 Å². The highest BCUT2D eigenvalue weighted by atomic mass is 16.5. The fraction of sp³-hybridized carbons (Fsp3) is 0.143. The molecule has 0 fully saturated rings. The zero-order valence-electron chi connectivity index (χ0n) is 18.3. The summed E-state index contributed by atoms with van der Waals surface area (Å²) in [6, 6.07) is 27.6. The molecule has 0 atom stereocenters. The summed E-state index contributed by atoms with van der Waals surface area (Å²) >= 11 is 0. The zero-order valence-corrected chi connectivity index (χ0v) is 18.3. The third-order valence-electron chi connectivity index (χ3n) is 5.00. The number of hydrogen-bond acceptors (Lipinski definition) is 3. The van der Waals surface area contributed by atoms with Crippen LogP contribution in [0.5, 0.6) is 34.5 Å². The topological polar surface area (TPSA) is 27.7 Å². The van der Waals surface area contributed by atoms with E-state index in [-0.39, 0.29) is 0 Å². The fourth-order valence-electron chi connectivity index (χ4n) is 3.37. The van der Waals surface area contributed by atoms with Gasteiger partial charge in [0.1, 0.15) is 34.5 Å². The molecule has 31 heavy (non-hydrogen) atoms. The van der Waals surface area contributed by atoms with Crippen LogP contribution in [0.15, 0.2) is 84.9 Å². The quantitative estimate of drug-likeness (QED) is 0.320. The average molecular weight is 411 g/mol. The Morgan fingerprint density at radius 3 is 1.03 bits per heavy atom. The summed E-state index contributed by atoms with van der Waals surface area (Å²) in [5.74, 6) is 4.76. The van der Waals surface area contributed by atoms with E-state index in [1.165, 1.54) is 11.1 Å². The lowest BCUT2D eigenvalue weighted by molar-refractivity contribution is 0.462. The second-order valence-electron chi connectivity index (χ2n) is 7.79. The lowest BCUT2D eigenvalue weighted by atomic mass is 10.1. The van der Waals surface area contributed by atoms with Crippen molar-refractivity contribution in [1.29, 1.82) is 0 Å². The number of aryl methyl sites for hydroxylation is 4. The molecule has 0 radical (unpaired) electrons. The van der Waals surface area contributed by atoms with Gasteiger partial charge in [-0.3, -0.25) is 0 Å². The molecule has 0 aromatic heterocycles. The van der Waals surface area contributed by atoms with Crippen molar-refractivity contribution in [2.75, 3.05) is 0 Å². The molecule has 0 bridgehead atoms. The van der Waals surface area contributed by atoms with Crippen molar-refractivity contribution >= 4 is 0 Å². The van der Waals surface area contributed by atoms with E-state index in [9.17, 15) is 0 Å². The fourth-order valence-corrected chi connectivity index (χ4v) is 3.37. The first-order valence-corrected chi connectivity index (χ1v) is 10.3. The molecule has 3 nitrogen and oxygen atoms in total. The van der Waals surface area contributed by atoms with Gasteiger partial charge in [0, 0.05) is 0 Å². The Hall–Kier alpha value is -3.72. The van der Waals surface area contributed by atoms with Gasteiger partial charge in [0.25, 0.3) is 0 Å². The molecule has 0 aliphatic heterocycles. The average Bonchev–Trinajstić information content (AvgIpc) is 2.75. The van der Waals surface area contributed by atoms with Crippen molar-refractivity contribution in [3.05, 3.63) is 107 Å². The van der Waals surface area contributed by atoms with Crippen LogP contribution in [0.2, 0.25) is 0 Å². The zero-order chi connectivity index (χ0) is 21.8. The van der Waals surface area contributed by atoms with Crippen LogP contribution >= 0.6 is 0 Å². The molecule has 0 saturated carbocycles. The van der Waals surface area contributed by atoms with Crippen molar-refractivity contribution in [3.8, 4) is 34.5 Å². The highest BCUT2D eigenvalue weighted by Gasteiger charge is 2.05. The standard InChI is InChI=1S/C28H26O3/c1-19-5-15-27(21(3)17-19)30-25-11-7-23(8-12-25)29-24-9-13-26(14-10-24)31-28-16-6-20(2)18-22(28)4/h5-18H,1-4H3. The predicted molar refractivity (Wildman–Crippen MR) is 125 cm³/mol. The minimum absolute atomic E-state index is 0.746. The Morgan fingerprint density at radius 1 is 0.387 bits per heavy atom. The summed E-state index contributed by atoms with van der Waals surface area (Å²) in [6.07, 6.45) is 0. The first-order valence-electron chi connectivity index (χ1n) is 10.3. The minimum Gasteiger partial charge on any atom is -0.457 e. The molecule has 4 rings (SSSR count). The van der Waals surface area contributed by atoms with Gasteiger partial charge in [-0.1, -0.05) is 35.4 Å². The summed E-state index contributed by atoms with van der Waals surface area (Å²) < 4.78 is 17.9. The van der Waals surface area contributed by atoms with E-state index >= 15 is 0 Å². The van der Waals surface area contributed by atoms with Crippen molar-refractivity contribution in [2.24, 2.45) is 0 Å². The van der Waals surface area contributed by atoms with Gasteiger partial charge in [-0.15, -0.1) is 0 Å². The van der Waals surface area contributed by atoms with Crippen LogP contribution in [0.25, 0.3) is 0 Å². The van der Waals surface area contributed by atoms with Crippen LogP contribution in [0.1, 0.15) is 22.3 Å². The van der Waals surface area contributed by atoms with Gasteiger partial charge in [-0.25, -0.2) is 0 Å². The number of ether oxygens (including phenoxy) is 3. The summed E-state index contributed by atoms with van der Waals surface area (Å²) in [7, 11) is 0. The monoisotopic (exact) mass is 410 g/mol. The number of benzene rings is 4. The smallest absolute Gasteiger partial charge is 0.130 e. The SMILES string of the molecule is Cc1ccc(Oc2ccc(Oc3ccc(Oc4ccc(C)cc4C)cc3)cc2)c(C)c1. The van der Waals surface area contributed by atoms with E-state index in [0.29, 0.717) is 0 Å². The van der Waals surface area contributed by atoms with Gasteiger partial charge < -0.3 is 14.2 Å². The maximum atomic E-state index is 5.99. The lowest BCUT2D eigenvalue weighted by Gasteiger charge is -2.12. The van der Waals surface area contributed by atoms with Crippen LogP contribution < -0.4 is 14.2 Å². The molecule has 0 heterocycles. The summed E-state index contributed by atoms with van der Waals surface area (Å²) in [4.78, 5) is 0. The van der Waals surface area contributed by atoms with Gasteiger partial charge >= 0.3 is 0 Å². The minimum atomic E-state index is 0.746. The van der Waals surface area contributed by atoms with Crippen LogP contribution in [-0.2, 0) is 0 Å². The molecular weight excluding hydrogens is 384 g/mol. The Balaban J connectivity index is 1.39. The first kappa shape index (κ1) is 20.5. The second kappa shape index (κ2) is 8.97. The molecule has 4 aromatic rings. The predicted octanol–water partition coefficient (Wildman–Crippen LogP) is 8.30. The molecule has 0 spiro atoms. The van der Waals surface area contributed by atoms with E-state index < -0.39 is 0 Å². The molecule has 4 aromatic carbocycles. The van der Waals surface area contributed by atoms with Crippen LogP contribution in [0.4, 0.5) is 0 Å². The van der Waals surface area contributed by atoms with Crippen molar-refractivity contribution in [2.45, 2.75) is 27.7 Å². The summed E-state index contributed by atoms with van der Waals surface area (Å²) in [6.45, 7) is 8.25. The summed E-state index contributed by atoms with van der Waals surface area (Å²) in [5.41, 5.74) is 4.67. The maximum absolute atomic E-state index is 5.99. The van der Waals surface area contributed by atoms with Gasteiger partial charge in [-0.2, -0.15) is 0 Å². The van der Waals surface area contributed by atoms with Crippen LogP contribution in [0, 0.1) is 27.7 Å². The molecule has 0 aliphatic carbocycles. The van der Waals surface area contributed by atoms with Crippen molar-refractivity contribution < 1.29 is 14.2 Å². The molecule has 0 N–H and O–H groups in total. The van der Waals surface area contributed by atoms with E-state index in [0.717, 1.165) is 45.6 Å². The second-order valence-corrected chi connectivity index (χ2v) is 7.79. The third kappa shape index (κ3) is 5.26. The lowest BCUT2D eigenvalue weighted by Crippen LogP contribution is -1.90. The molecule has 156 valence electrons. The Morgan fingerprint density at radius 2 is 0.710 bits per heavy atom. The largest absolute Gasteiger partial charge is 0.457 e. The van der Waals surface area contributed by atoms with Gasteiger partial charge in [0.05, 0.1) is 0 Å². The maximum Gasteiger partial charge on any atom is 0.130 e. The molecule has 0 amide bonds. The van der Waals surface area contributed by atoms with E-state index in [4.69, 9.17) is 14.2 Å². The van der Waals surface area contributed by atoms with Gasteiger partial charge in [0.15, 0.2) is 0 Å². The highest BCUT2D eigenvalue weighted by molar-refractivity contribution is 5.43. The van der Waals surface area contributed by atoms with E-state index in [1.807, 2.05) is 86.6 Å². The molecule has 0 aliphatic rings. The molecular formula is C28H26O3. The molecule has 0 saturated heterocycles. The Kier molecular flexibility index (Phi) is 5.94. The van der Waals surface area contributed by atoms with Crippen LogP contribution in [0.3, 0.4) is 0 Å². The molecule has 3 heteroatoms. The third-order valence-corrected chi connectivity index (χ3v) is 5.00. The first-order chi connectivity index (χ1) is 15.0. The van der Waals surface area contributed by atoms with Gasteiger partial charge in [0.2, 0.25) is 0 Å². The number of hydrogen-bond donors (Lipinski definition) is 0. The Bertz CT molecular complexity index is 1080.